The standard InChI is InChI=1S/C14H12ClFN4O2S.C3H8/c1-17-14-20-11-9(21-2)5-8(10(16)12(11)23-14)22-6-7-3-4-18-13(15)19-7;1-3-2/h3-5H,6H2,1-2H3,(H,17,20);3H2,1-2H3. The van der Waals surface area contributed by atoms with Crippen molar-refractivity contribution in [3.05, 3.63) is 35.1 Å². The molecule has 0 saturated heterocycles. The zero-order chi connectivity index (χ0) is 19.1. The maximum atomic E-state index is 14.6. The predicted octanol–water partition coefficient (Wildman–Crippen LogP) is 4.92. The van der Waals surface area contributed by atoms with E-state index in [9.17, 15) is 4.39 Å². The molecule has 0 unspecified atom stereocenters. The highest BCUT2D eigenvalue weighted by atomic mass is 35.5. The maximum Gasteiger partial charge on any atom is 0.222 e. The Hall–Kier alpha value is -2.19. The maximum absolute atomic E-state index is 14.6. The molecule has 9 heteroatoms. The number of aromatic nitrogens is 3. The van der Waals surface area contributed by atoms with Crippen molar-refractivity contribution >= 4 is 38.3 Å². The Bertz CT molecular complexity index is 875. The summed E-state index contributed by atoms with van der Waals surface area (Å²) in [6.45, 7) is 4.31. The average Bonchev–Trinajstić information content (AvgIpc) is 3.07. The van der Waals surface area contributed by atoms with Crippen molar-refractivity contribution in [1.29, 1.82) is 0 Å². The van der Waals surface area contributed by atoms with Gasteiger partial charge < -0.3 is 14.8 Å². The Morgan fingerprint density at radius 3 is 2.62 bits per heavy atom. The topological polar surface area (TPSA) is 69.2 Å². The number of thiazole rings is 1. The van der Waals surface area contributed by atoms with Gasteiger partial charge in [-0.1, -0.05) is 31.6 Å². The zero-order valence-corrected chi connectivity index (χ0v) is 16.5. The third-order valence-electron chi connectivity index (χ3n) is 3.03. The molecule has 0 aliphatic carbocycles. The van der Waals surface area contributed by atoms with E-state index in [1.807, 2.05) is 0 Å². The lowest BCUT2D eigenvalue weighted by Gasteiger charge is -2.09. The van der Waals surface area contributed by atoms with Crippen LogP contribution in [0.3, 0.4) is 0 Å². The highest BCUT2D eigenvalue weighted by Gasteiger charge is 2.18. The summed E-state index contributed by atoms with van der Waals surface area (Å²) >= 11 is 6.90. The fourth-order valence-corrected chi connectivity index (χ4v) is 3.00. The number of methoxy groups -OCH3 is 1. The second-order valence-corrected chi connectivity index (χ2v) is 6.49. The number of ether oxygens (including phenoxy) is 2. The molecule has 0 aliphatic heterocycles. The zero-order valence-electron chi connectivity index (χ0n) is 15.0. The fraction of sp³-hybridized carbons (Fsp3) is 0.353. The van der Waals surface area contributed by atoms with E-state index in [1.165, 1.54) is 37.1 Å². The van der Waals surface area contributed by atoms with Gasteiger partial charge in [0.05, 0.1) is 17.5 Å². The first-order valence-electron chi connectivity index (χ1n) is 7.98. The van der Waals surface area contributed by atoms with Crippen molar-refractivity contribution < 1.29 is 13.9 Å². The summed E-state index contributed by atoms with van der Waals surface area (Å²) in [7, 11) is 3.22. The quantitative estimate of drug-likeness (QED) is 0.615. The SMILES string of the molecule is CCC.CNc1nc2c(OC)cc(OCc3ccnc(Cl)n3)c(F)c2s1. The summed E-state index contributed by atoms with van der Waals surface area (Å²) in [5.74, 6) is 0.0187. The van der Waals surface area contributed by atoms with Crippen LogP contribution in [0.25, 0.3) is 10.2 Å². The van der Waals surface area contributed by atoms with Crippen LogP contribution in [0.4, 0.5) is 9.52 Å². The minimum atomic E-state index is -0.486. The lowest BCUT2D eigenvalue weighted by atomic mass is 10.3. The lowest BCUT2D eigenvalue weighted by Crippen LogP contribution is -2.01. The molecule has 0 aliphatic rings. The van der Waals surface area contributed by atoms with Gasteiger partial charge in [0.2, 0.25) is 5.28 Å². The van der Waals surface area contributed by atoms with Gasteiger partial charge in [-0.3, -0.25) is 0 Å². The molecular weight excluding hydrogens is 379 g/mol. The van der Waals surface area contributed by atoms with Gasteiger partial charge in [-0.25, -0.2) is 19.3 Å². The van der Waals surface area contributed by atoms with Gasteiger partial charge in [0.15, 0.2) is 16.7 Å². The Morgan fingerprint density at radius 2 is 2.00 bits per heavy atom. The molecule has 0 spiro atoms. The van der Waals surface area contributed by atoms with Crippen LogP contribution in [0.15, 0.2) is 18.3 Å². The van der Waals surface area contributed by atoms with Crippen molar-refractivity contribution in [1.82, 2.24) is 15.0 Å². The molecule has 0 fully saturated rings. The summed E-state index contributed by atoms with van der Waals surface area (Å²) in [5.41, 5.74) is 1.00. The number of anilines is 1. The minimum Gasteiger partial charge on any atom is -0.494 e. The van der Waals surface area contributed by atoms with Crippen LogP contribution in [0, 0.1) is 5.82 Å². The molecule has 3 rings (SSSR count). The third-order valence-corrected chi connectivity index (χ3v) is 4.28. The smallest absolute Gasteiger partial charge is 0.222 e. The molecule has 2 heterocycles. The first-order valence-corrected chi connectivity index (χ1v) is 9.18. The largest absolute Gasteiger partial charge is 0.494 e. The average molecular weight is 399 g/mol. The number of nitrogens with one attached hydrogen (secondary N) is 1. The molecule has 0 bridgehead atoms. The molecule has 3 aromatic rings. The van der Waals surface area contributed by atoms with E-state index >= 15 is 0 Å². The number of benzene rings is 1. The number of halogens is 2. The van der Waals surface area contributed by atoms with E-state index in [-0.39, 0.29) is 17.6 Å². The van der Waals surface area contributed by atoms with Crippen molar-refractivity contribution in [3.63, 3.8) is 0 Å². The highest BCUT2D eigenvalue weighted by molar-refractivity contribution is 7.22. The Kier molecular flexibility index (Phi) is 7.35. The summed E-state index contributed by atoms with van der Waals surface area (Å²) in [4.78, 5) is 12.1. The normalized spacial score (nSPS) is 10.2. The van der Waals surface area contributed by atoms with Gasteiger partial charge in [-0.15, -0.1) is 0 Å². The van der Waals surface area contributed by atoms with Crippen LogP contribution in [-0.4, -0.2) is 29.1 Å². The number of hydrogen-bond acceptors (Lipinski definition) is 7. The fourth-order valence-electron chi connectivity index (χ4n) is 1.97. The van der Waals surface area contributed by atoms with Crippen LogP contribution >= 0.6 is 22.9 Å². The number of fused-ring (bicyclic) bond motifs is 1. The molecule has 6 nitrogen and oxygen atoms in total. The van der Waals surface area contributed by atoms with Crippen molar-refractivity contribution in [2.24, 2.45) is 0 Å². The summed E-state index contributed by atoms with van der Waals surface area (Å²) < 4.78 is 25.8. The van der Waals surface area contributed by atoms with Gasteiger partial charge in [0.25, 0.3) is 0 Å². The molecule has 1 aromatic carbocycles. The van der Waals surface area contributed by atoms with Crippen molar-refractivity contribution in [2.75, 3.05) is 19.5 Å². The van der Waals surface area contributed by atoms with Gasteiger partial charge in [0.1, 0.15) is 17.9 Å². The summed E-state index contributed by atoms with van der Waals surface area (Å²) in [5, 5.41) is 3.60. The molecular formula is C17H20ClFN4O2S. The number of rotatable bonds is 5. The Balaban J connectivity index is 0.000000758. The first kappa shape index (κ1) is 20.1. The summed E-state index contributed by atoms with van der Waals surface area (Å²) in [6.07, 6.45) is 2.76. The van der Waals surface area contributed by atoms with Crippen LogP contribution in [0.5, 0.6) is 11.5 Å². The predicted molar refractivity (Wildman–Crippen MR) is 103 cm³/mol. The highest BCUT2D eigenvalue weighted by Crippen LogP contribution is 2.39. The van der Waals surface area contributed by atoms with Gasteiger partial charge in [-0.2, -0.15) is 0 Å². The Labute approximate surface area is 160 Å². The number of nitrogens with zero attached hydrogens (tertiary/aromatic N) is 3. The Morgan fingerprint density at radius 1 is 1.27 bits per heavy atom. The first-order chi connectivity index (χ1) is 12.5. The molecule has 1 N–H and O–H groups in total. The third kappa shape index (κ3) is 4.70. The van der Waals surface area contributed by atoms with E-state index in [0.29, 0.717) is 26.8 Å². The molecule has 140 valence electrons. The van der Waals surface area contributed by atoms with Crippen LogP contribution in [-0.2, 0) is 6.61 Å². The molecule has 0 radical (unpaired) electrons. The molecule has 0 amide bonds. The monoisotopic (exact) mass is 398 g/mol. The lowest BCUT2D eigenvalue weighted by molar-refractivity contribution is 0.285. The van der Waals surface area contributed by atoms with E-state index in [2.05, 4.69) is 34.1 Å². The van der Waals surface area contributed by atoms with E-state index in [1.54, 1.807) is 13.1 Å². The van der Waals surface area contributed by atoms with Gasteiger partial charge >= 0.3 is 0 Å². The molecule has 26 heavy (non-hydrogen) atoms. The van der Waals surface area contributed by atoms with Crippen LogP contribution in [0.1, 0.15) is 26.0 Å². The second kappa shape index (κ2) is 9.49. The van der Waals surface area contributed by atoms with Crippen LogP contribution < -0.4 is 14.8 Å². The minimum absolute atomic E-state index is 0.0610. The van der Waals surface area contributed by atoms with Crippen LogP contribution in [0.2, 0.25) is 5.28 Å². The summed E-state index contributed by atoms with van der Waals surface area (Å²) in [6, 6.07) is 3.12. The molecule has 2 aromatic heterocycles. The van der Waals surface area contributed by atoms with Crippen molar-refractivity contribution in [3.8, 4) is 11.5 Å². The molecule has 0 atom stereocenters. The van der Waals surface area contributed by atoms with E-state index < -0.39 is 5.82 Å². The number of hydrogen-bond donors (Lipinski definition) is 1. The van der Waals surface area contributed by atoms with Gasteiger partial charge in [-0.05, 0) is 17.7 Å². The van der Waals surface area contributed by atoms with E-state index in [4.69, 9.17) is 21.1 Å². The van der Waals surface area contributed by atoms with Crippen molar-refractivity contribution in [2.45, 2.75) is 26.9 Å². The molecule has 0 saturated carbocycles. The van der Waals surface area contributed by atoms with Gasteiger partial charge in [0, 0.05) is 19.3 Å². The second-order valence-electron chi connectivity index (χ2n) is 5.15. The van der Waals surface area contributed by atoms with E-state index in [0.717, 1.165) is 0 Å².